The molecule has 2 aromatic heterocycles. The summed E-state index contributed by atoms with van der Waals surface area (Å²) in [5, 5.41) is 4.60. The van der Waals surface area contributed by atoms with Crippen LogP contribution < -0.4 is 5.56 Å². The fourth-order valence-corrected chi connectivity index (χ4v) is 4.92. The van der Waals surface area contributed by atoms with Gasteiger partial charge in [0.2, 0.25) is 11.7 Å². The molecule has 1 aliphatic heterocycles. The lowest BCUT2D eigenvalue weighted by Crippen LogP contribution is -2.44. The summed E-state index contributed by atoms with van der Waals surface area (Å²) >= 11 is 0. The second-order valence-corrected chi connectivity index (χ2v) is 9.56. The Labute approximate surface area is 205 Å². The monoisotopic (exact) mass is 469 g/mol. The molecule has 0 unspecified atom stereocenters. The van der Waals surface area contributed by atoms with E-state index in [1.807, 2.05) is 77.9 Å². The quantitative estimate of drug-likeness (QED) is 0.440. The smallest absolute Gasteiger partial charge is 0.279 e. The van der Waals surface area contributed by atoms with Crippen LogP contribution in [0.3, 0.4) is 0 Å². The van der Waals surface area contributed by atoms with E-state index >= 15 is 0 Å². The van der Waals surface area contributed by atoms with Crippen LogP contribution in [0.1, 0.15) is 48.6 Å². The van der Waals surface area contributed by atoms with Crippen LogP contribution in [0.4, 0.5) is 0 Å². The molecule has 1 atom stereocenters. The van der Waals surface area contributed by atoms with E-state index in [4.69, 9.17) is 4.98 Å². The van der Waals surface area contributed by atoms with Gasteiger partial charge >= 0.3 is 0 Å². The van der Waals surface area contributed by atoms with Gasteiger partial charge in [-0.1, -0.05) is 60.2 Å². The SMILES string of the molecule is Cc1ccc(-c2nc3n(CC(=O)N4CCCC[C@H]4C)c(C)c(Cc4ccccc4)c(=O)n3n2)cc1. The number of benzene rings is 2. The van der Waals surface area contributed by atoms with Gasteiger partial charge < -0.3 is 9.47 Å². The topological polar surface area (TPSA) is 72.5 Å². The maximum absolute atomic E-state index is 13.6. The Hall–Kier alpha value is -3.74. The molecule has 0 bridgehead atoms. The number of aryl methyl sites for hydroxylation is 1. The van der Waals surface area contributed by atoms with Crippen LogP contribution in [0.5, 0.6) is 0 Å². The van der Waals surface area contributed by atoms with Crippen LogP contribution in [-0.2, 0) is 17.8 Å². The molecule has 3 heterocycles. The fraction of sp³-hybridized carbons (Fsp3) is 0.357. The number of carbonyl (C=O) groups excluding carboxylic acids is 1. The average Bonchev–Trinajstić information content (AvgIpc) is 3.31. The number of fused-ring (bicyclic) bond motifs is 1. The Kier molecular flexibility index (Phi) is 6.24. The zero-order valence-corrected chi connectivity index (χ0v) is 20.6. The number of amides is 1. The van der Waals surface area contributed by atoms with Crippen LogP contribution in [0, 0.1) is 13.8 Å². The standard InChI is InChI=1S/C28H31N5O2/c1-19-12-14-23(15-13-19)26-29-28-32(18-25(34)31-16-8-7-9-20(31)2)21(3)24(27(35)33(28)30-26)17-22-10-5-4-6-11-22/h4-6,10-15,20H,7-9,16-18H2,1-3H3/t20-/m1/s1. The van der Waals surface area contributed by atoms with Crippen LogP contribution in [0.15, 0.2) is 59.4 Å². The number of piperidine rings is 1. The Morgan fingerprint density at radius 3 is 2.49 bits per heavy atom. The zero-order chi connectivity index (χ0) is 24.5. The van der Waals surface area contributed by atoms with E-state index in [0.717, 1.165) is 48.2 Å². The minimum Gasteiger partial charge on any atom is -0.338 e. The van der Waals surface area contributed by atoms with Crippen molar-refractivity contribution in [1.82, 2.24) is 24.1 Å². The van der Waals surface area contributed by atoms with E-state index in [1.54, 1.807) is 0 Å². The molecule has 7 nitrogen and oxygen atoms in total. The molecule has 7 heteroatoms. The van der Waals surface area contributed by atoms with Gasteiger partial charge in [-0.15, -0.1) is 5.10 Å². The fourth-order valence-electron chi connectivity index (χ4n) is 4.92. The van der Waals surface area contributed by atoms with Crippen molar-refractivity contribution in [3.05, 3.63) is 87.3 Å². The van der Waals surface area contributed by atoms with E-state index in [2.05, 4.69) is 12.0 Å². The van der Waals surface area contributed by atoms with Crippen LogP contribution >= 0.6 is 0 Å². The molecule has 1 saturated heterocycles. The van der Waals surface area contributed by atoms with Crippen LogP contribution in [0.25, 0.3) is 17.2 Å². The first-order valence-corrected chi connectivity index (χ1v) is 12.3. The van der Waals surface area contributed by atoms with Gasteiger partial charge in [0, 0.05) is 35.8 Å². The summed E-state index contributed by atoms with van der Waals surface area (Å²) in [6, 6.07) is 18.0. The summed E-state index contributed by atoms with van der Waals surface area (Å²) in [5.74, 6) is 0.931. The minimum absolute atomic E-state index is 0.0522. The van der Waals surface area contributed by atoms with Gasteiger partial charge in [0.1, 0.15) is 6.54 Å². The van der Waals surface area contributed by atoms with E-state index in [-0.39, 0.29) is 24.1 Å². The number of rotatable bonds is 5. The van der Waals surface area contributed by atoms with Gasteiger partial charge in [-0.2, -0.15) is 9.50 Å². The minimum atomic E-state index is -0.192. The molecule has 1 fully saturated rings. The van der Waals surface area contributed by atoms with Crippen LogP contribution in [0.2, 0.25) is 0 Å². The van der Waals surface area contributed by atoms with Crippen molar-refractivity contribution < 1.29 is 4.79 Å². The summed E-state index contributed by atoms with van der Waals surface area (Å²) in [4.78, 5) is 33.7. The van der Waals surface area contributed by atoms with Crippen molar-refractivity contribution in [1.29, 1.82) is 0 Å². The number of hydrogen-bond donors (Lipinski definition) is 0. The van der Waals surface area contributed by atoms with Crippen molar-refractivity contribution >= 4 is 11.7 Å². The molecule has 5 rings (SSSR count). The van der Waals surface area contributed by atoms with E-state index in [1.165, 1.54) is 4.52 Å². The molecule has 35 heavy (non-hydrogen) atoms. The summed E-state index contributed by atoms with van der Waals surface area (Å²) in [6.07, 6.45) is 3.66. The van der Waals surface area contributed by atoms with E-state index in [0.29, 0.717) is 23.6 Å². The predicted octanol–water partition coefficient (Wildman–Crippen LogP) is 4.17. The Balaban J connectivity index is 1.64. The second-order valence-electron chi connectivity index (χ2n) is 9.56. The molecule has 0 radical (unpaired) electrons. The third-order valence-electron chi connectivity index (χ3n) is 7.07. The number of hydrogen-bond acceptors (Lipinski definition) is 4. The third kappa shape index (κ3) is 4.50. The first kappa shape index (κ1) is 23.0. The molecule has 0 aliphatic carbocycles. The van der Waals surface area contributed by atoms with Crippen LogP contribution in [-0.4, -0.2) is 42.6 Å². The normalized spacial score (nSPS) is 16.1. The number of likely N-dealkylation sites (tertiary alicyclic amines) is 1. The predicted molar refractivity (Wildman–Crippen MR) is 136 cm³/mol. The first-order chi connectivity index (χ1) is 16.9. The summed E-state index contributed by atoms with van der Waals surface area (Å²) in [6.45, 7) is 6.95. The summed E-state index contributed by atoms with van der Waals surface area (Å²) in [5.41, 5.74) is 4.20. The average molecular weight is 470 g/mol. The van der Waals surface area contributed by atoms with Gasteiger partial charge in [-0.3, -0.25) is 9.59 Å². The summed E-state index contributed by atoms with van der Waals surface area (Å²) in [7, 11) is 0. The van der Waals surface area contributed by atoms with Crippen molar-refractivity contribution in [3.8, 4) is 11.4 Å². The highest BCUT2D eigenvalue weighted by Gasteiger charge is 2.26. The molecule has 180 valence electrons. The molecule has 1 amide bonds. The van der Waals surface area contributed by atoms with Gasteiger partial charge in [-0.05, 0) is 45.6 Å². The molecule has 0 spiro atoms. The van der Waals surface area contributed by atoms with Crippen molar-refractivity contribution in [3.63, 3.8) is 0 Å². The van der Waals surface area contributed by atoms with E-state index < -0.39 is 0 Å². The Morgan fingerprint density at radius 2 is 1.77 bits per heavy atom. The first-order valence-electron chi connectivity index (χ1n) is 12.3. The lowest BCUT2D eigenvalue weighted by atomic mass is 10.0. The number of nitrogens with zero attached hydrogens (tertiary/aromatic N) is 5. The second kappa shape index (κ2) is 9.49. The zero-order valence-electron chi connectivity index (χ0n) is 20.6. The maximum Gasteiger partial charge on any atom is 0.279 e. The number of carbonyl (C=O) groups is 1. The van der Waals surface area contributed by atoms with Crippen molar-refractivity contribution in [2.45, 2.75) is 59.0 Å². The number of aromatic nitrogens is 4. The van der Waals surface area contributed by atoms with Gasteiger partial charge in [0.25, 0.3) is 5.56 Å². The van der Waals surface area contributed by atoms with Gasteiger partial charge in [0.15, 0.2) is 5.82 Å². The maximum atomic E-state index is 13.6. The summed E-state index contributed by atoms with van der Waals surface area (Å²) < 4.78 is 3.24. The highest BCUT2D eigenvalue weighted by atomic mass is 16.2. The highest BCUT2D eigenvalue weighted by Crippen LogP contribution is 2.21. The van der Waals surface area contributed by atoms with Crippen molar-refractivity contribution in [2.24, 2.45) is 0 Å². The van der Waals surface area contributed by atoms with Gasteiger partial charge in [-0.25, -0.2) is 0 Å². The highest BCUT2D eigenvalue weighted by molar-refractivity contribution is 5.77. The lowest BCUT2D eigenvalue weighted by molar-refractivity contribution is -0.135. The van der Waals surface area contributed by atoms with E-state index in [9.17, 15) is 9.59 Å². The molecule has 0 N–H and O–H groups in total. The third-order valence-corrected chi connectivity index (χ3v) is 7.07. The molecule has 0 saturated carbocycles. The molecule has 2 aromatic carbocycles. The molecule has 4 aromatic rings. The van der Waals surface area contributed by atoms with Gasteiger partial charge in [0.05, 0.1) is 0 Å². The largest absolute Gasteiger partial charge is 0.338 e. The van der Waals surface area contributed by atoms with Crippen molar-refractivity contribution in [2.75, 3.05) is 6.54 Å². The lowest BCUT2D eigenvalue weighted by Gasteiger charge is -2.34. The molecular formula is C28H31N5O2. The Morgan fingerprint density at radius 1 is 1.03 bits per heavy atom. The molecular weight excluding hydrogens is 438 g/mol. The Bertz CT molecular complexity index is 1420. The molecule has 1 aliphatic rings.